The SMILES string of the molecule is CCOc1ccccc1-c1cccc(C(=O)N(CC)CCC(=O)O)c1. The molecule has 2 rings (SSSR count). The molecular formula is C20H23NO4. The number of aliphatic carboxylic acids is 1. The van der Waals surface area contributed by atoms with Crippen LogP contribution in [-0.4, -0.2) is 41.6 Å². The van der Waals surface area contributed by atoms with Gasteiger partial charge in [0.25, 0.3) is 5.91 Å². The van der Waals surface area contributed by atoms with Crippen LogP contribution in [0.2, 0.25) is 0 Å². The summed E-state index contributed by atoms with van der Waals surface area (Å²) in [7, 11) is 0. The van der Waals surface area contributed by atoms with Crippen molar-refractivity contribution in [1.29, 1.82) is 0 Å². The number of para-hydroxylation sites is 1. The molecule has 2 aromatic carbocycles. The maximum absolute atomic E-state index is 12.7. The molecule has 0 spiro atoms. The Morgan fingerprint density at radius 3 is 2.52 bits per heavy atom. The Bertz CT molecular complexity index is 742. The van der Waals surface area contributed by atoms with E-state index >= 15 is 0 Å². The molecule has 0 saturated heterocycles. The average Bonchev–Trinajstić information content (AvgIpc) is 2.62. The number of rotatable bonds is 8. The van der Waals surface area contributed by atoms with Crippen LogP contribution in [0.4, 0.5) is 0 Å². The van der Waals surface area contributed by atoms with Crippen LogP contribution in [0, 0.1) is 0 Å². The minimum absolute atomic E-state index is 0.0631. The molecule has 1 amide bonds. The Morgan fingerprint density at radius 2 is 1.84 bits per heavy atom. The van der Waals surface area contributed by atoms with Crippen molar-refractivity contribution in [3.8, 4) is 16.9 Å². The molecule has 0 heterocycles. The minimum atomic E-state index is -0.911. The first-order chi connectivity index (χ1) is 12.1. The van der Waals surface area contributed by atoms with Crippen molar-refractivity contribution in [3.63, 3.8) is 0 Å². The topological polar surface area (TPSA) is 66.8 Å². The lowest BCUT2D eigenvalue weighted by Gasteiger charge is -2.20. The molecule has 2 aromatic rings. The summed E-state index contributed by atoms with van der Waals surface area (Å²) >= 11 is 0. The van der Waals surface area contributed by atoms with Gasteiger partial charge in [0.05, 0.1) is 13.0 Å². The molecule has 0 aliphatic rings. The third-order valence-electron chi connectivity index (χ3n) is 3.87. The zero-order valence-corrected chi connectivity index (χ0v) is 14.6. The molecule has 25 heavy (non-hydrogen) atoms. The number of carbonyl (C=O) groups excluding carboxylic acids is 1. The molecule has 0 aliphatic heterocycles. The van der Waals surface area contributed by atoms with E-state index in [1.807, 2.05) is 56.3 Å². The maximum atomic E-state index is 12.7. The van der Waals surface area contributed by atoms with Gasteiger partial charge in [-0.05, 0) is 37.6 Å². The number of hydrogen-bond donors (Lipinski definition) is 1. The van der Waals surface area contributed by atoms with Gasteiger partial charge in [0, 0.05) is 24.2 Å². The molecule has 0 unspecified atom stereocenters. The standard InChI is InChI=1S/C20H23NO4/c1-3-21(13-12-19(22)23)20(24)16-9-7-8-15(14-16)17-10-5-6-11-18(17)25-4-2/h5-11,14H,3-4,12-13H2,1-2H3,(H,22,23). The van der Waals surface area contributed by atoms with E-state index in [0.717, 1.165) is 16.9 Å². The van der Waals surface area contributed by atoms with Gasteiger partial charge in [-0.2, -0.15) is 0 Å². The molecule has 132 valence electrons. The van der Waals surface area contributed by atoms with Crippen LogP contribution in [0.15, 0.2) is 48.5 Å². The van der Waals surface area contributed by atoms with E-state index in [-0.39, 0.29) is 18.9 Å². The summed E-state index contributed by atoms with van der Waals surface area (Å²) in [4.78, 5) is 25.0. The summed E-state index contributed by atoms with van der Waals surface area (Å²) < 4.78 is 5.66. The van der Waals surface area contributed by atoms with Crippen molar-refractivity contribution in [2.45, 2.75) is 20.3 Å². The second-order valence-corrected chi connectivity index (χ2v) is 5.54. The van der Waals surface area contributed by atoms with E-state index in [2.05, 4.69) is 0 Å². The van der Waals surface area contributed by atoms with Gasteiger partial charge in [-0.25, -0.2) is 0 Å². The summed E-state index contributed by atoms with van der Waals surface area (Å²) in [6.45, 7) is 5.00. The predicted molar refractivity (Wildman–Crippen MR) is 96.9 cm³/mol. The number of carbonyl (C=O) groups is 2. The van der Waals surface area contributed by atoms with Crippen LogP contribution in [0.25, 0.3) is 11.1 Å². The number of ether oxygens (including phenoxy) is 1. The van der Waals surface area contributed by atoms with Crippen LogP contribution < -0.4 is 4.74 Å². The van der Waals surface area contributed by atoms with Crippen LogP contribution in [0.1, 0.15) is 30.6 Å². The average molecular weight is 341 g/mol. The number of hydrogen-bond acceptors (Lipinski definition) is 3. The Morgan fingerprint density at radius 1 is 1.08 bits per heavy atom. The first kappa shape index (κ1) is 18.5. The number of carboxylic acid groups (broad SMARTS) is 1. The van der Waals surface area contributed by atoms with Crippen molar-refractivity contribution in [3.05, 3.63) is 54.1 Å². The molecule has 5 nitrogen and oxygen atoms in total. The highest BCUT2D eigenvalue weighted by molar-refractivity contribution is 5.95. The number of carboxylic acids is 1. The monoisotopic (exact) mass is 341 g/mol. The Kier molecular flexibility index (Phi) is 6.57. The molecule has 1 N–H and O–H groups in total. The second kappa shape index (κ2) is 8.87. The van der Waals surface area contributed by atoms with E-state index in [9.17, 15) is 9.59 Å². The third-order valence-corrected chi connectivity index (χ3v) is 3.87. The van der Waals surface area contributed by atoms with Gasteiger partial charge in [-0.3, -0.25) is 9.59 Å². The van der Waals surface area contributed by atoms with Crippen molar-refractivity contribution >= 4 is 11.9 Å². The fraction of sp³-hybridized carbons (Fsp3) is 0.300. The molecule has 0 atom stereocenters. The van der Waals surface area contributed by atoms with Crippen molar-refractivity contribution in [1.82, 2.24) is 4.90 Å². The van der Waals surface area contributed by atoms with Gasteiger partial charge in [0.1, 0.15) is 5.75 Å². The van der Waals surface area contributed by atoms with E-state index in [4.69, 9.17) is 9.84 Å². The zero-order valence-electron chi connectivity index (χ0n) is 14.6. The van der Waals surface area contributed by atoms with Crippen molar-refractivity contribution < 1.29 is 19.4 Å². The van der Waals surface area contributed by atoms with Crippen LogP contribution in [0.3, 0.4) is 0 Å². The highest BCUT2D eigenvalue weighted by atomic mass is 16.5. The van der Waals surface area contributed by atoms with Crippen LogP contribution in [-0.2, 0) is 4.79 Å². The van der Waals surface area contributed by atoms with E-state index in [0.29, 0.717) is 18.7 Å². The smallest absolute Gasteiger partial charge is 0.305 e. The second-order valence-electron chi connectivity index (χ2n) is 5.54. The lowest BCUT2D eigenvalue weighted by Crippen LogP contribution is -2.32. The summed E-state index contributed by atoms with van der Waals surface area (Å²) in [5.41, 5.74) is 2.35. The van der Waals surface area contributed by atoms with Gasteiger partial charge in [0.2, 0.25) is 0 Å². The molecule has 0 radical (unpaired) electrons. The lowest BCUT2D eigenvalue weighted by molar-refractivity contribution is -0.137. The van der Waals surface area contributed by atoms with E-state index in [1.165, 1.54) is 0 Å². The number of nitrogens with zero attached hydrogens (tertiary/aromatic N) is 1. The van der Waals surface area contributed by atoms with Gasteiger partial charge in [-0.1, -0.05) is 30.3 Å². The summed E-state index contributed by atoms with van der Waals surface area (Å²) in [5, 5.41) is 8.83. The van der Waals surface area contributed by atoms with E-state index in [1.54, 1.807) is 11.0 Å². The van der Waals surface area contributed by atoms with Crippen LogP contribution >= 0.6 is 0 Å². The summed E-state index contributed by atoms with van der Waals surface area (Å²) in [6, 6.07) is 15.0. The molecule has 5 heteroatoms. The van der Waals surface area contributed by atoms with Gasteiger partial charge >= 0.3 is 5.97 Å². The Balaban J connectivity index is 2.29. The normalized spacial score (nSPS) is 10.3. The highest BCUT2D eigenvalue weighted by Crippen LogP contribution is 2.30. The maximum Gasteiger partial charge on any atom is 0.305 e. The molecule has 0 saturated carbocycles. The fourth-order valence-electron chi connectivity index (χ4n) is 2.62. The third kappa shape index (κ3) is 4.83. The fourth-order valence-corrected chi connectivity index (χ4v) is 2.62. The minimum Gasteiger partial charge on any atom is -0.493 e. The molecule has 0 fully saturated rings. The molecule has 0 bridgehead atoms. The molecular weight excluding hydrogens is 318 g/mol. The highest BCUT2D eigenvalue weighted by Gasteiger charge is 2.16. The number of benzene rings is 2. The number of amides is 1. The zero-order chi connectivity index (χ0) is 18.2. The van der Waals surface area contributed by atoms with Gasteiger partial charge < -0.3 is 14.7 Å². The predicted octanol–water partition coefficient (Wildman–Crippen LogP) is 3.69. The first-order valence-corrected chi connectivity index (χ1v) is 8.40. The largest absolute Gasteiger partial charge is 0.493 e. The quantitative estimate of drug-likeness (QED) is 0.795. The Labute approximate surface area is 147 Å². The molecule has 0 aromatic heterocycles. The lowest BCUT2D eigenvalue weighted by atomic mass is 10.0. The van der Waals surface area contributed by atoms with E-state index < -0.39 is 5.97 Å². The van der Waals surface area contributed by atoms with Crippen molar-refractivity contribution in [2.75, 3.05) is 19.7 Å². The summed E-state index contributed by atoms with van der Waals surface area (Å²) in [5.74, 6) is -0.307. The first-order valence-electron chi connectivity index (χ1n) is 8.40. The molecule has 0 aliphatic carbocycles. The van der Waals surface area contributed by atoms with Gasteiger partial charge in [0.15, 0.2) is 0 Å². The van der Waals surface area contributed by atoms with Gasteiger partial charge in [-0.15, -0.1) is 0 Å². The van der Waals surface area contributed by atoms with Crippen molar-refractivity contribution in [2.24, 2.45) is 0 Å². The van der Waals surface area contributed by atoms with Crippen LogP contribution in [0.5, 0.6) is 5.75 Å². The summed E-state index contributed by atoms with van der Waals surface area (Å²) in [6.07, 6.45) is -0.0631. The Hall–Kier alpha value is -2.82.